The molecule has 0 radical (unpaired) electrons. The van der Waals surface area contributed by atoms with Crippen LogP contribution in [0.5, 0.6) is 11.5 Å². The van der Waals surface area contributed by atoms with Gasteiger partial charge in [0.25, 0.3) is 5.91 Å². The molecule has 6 heteroatoms. The second kappa shape index (κ2) is 11.8. The van der Waals surface area contributed by atoms with Crippen LogP contribution in [0.4, 0.5) is 0 Å². The molecule has 0 heterocycles. The molecule has 160 valence electrons. The Kier molecular flexibility index (Phi) is 8.27. The fourth-order valence-corrected chi connectivity index (χ4v) is 2.83. The molecule has 0 bridgehead atoms. The zero-order chi connectivity index (χ0) is 22.6. The number of carbonyl (C=O) groups is 1. The molecule has 0 aliphatic heterocycles. The first-order chi connectivity index (χ1) is 15.7. The number of carbonyl (C=O) groups excluding carboxylic acids is 1. The molecule has 1 N–H and O–H groups in total. The molecule has 3 rings (SSSR count). The van der Waals surface area contributed by atoms with Gasteiger partial charge in [0.05, 0.1) is 18.7 Å². The molecule has 0 unspecified atom stereocenters. The number of benzene rings is 3. The van der Waals surface area contributed by atoms with Crippen molar-refractivity contribution in [2.45, 2.75) is 6.42 Å². The first-order valence-corrected chi connectivity index (χ1v) is 9.95. The summed E-state index contributed by atoms with van der Waals surface area (Å²) in [6, 6.07) is 23.8. The van der Waals surface area contributed by atoms with Crippen molar-refractivity contribution >= 4 is 5.91 Å². The van der Waals surface area contributed by atoms with Crippen LogP contribution in [0.3, 0.4) is 0 Å². The predicted molar refractivity (Wildman–Crippen MR) is 120 cm³/mol. The second-order valence-corrected chi connectivity index (χ2v) is 6.63. The van der Waals surface area contributed by atoms with Crippen molar-refractivity contribution in [2.75, 3.05) is 20.3 Å². The van der Waals surface area contributed by atoms with Crippen molar-refractivity contribution in [2.24, 2.45) is 0 Å². The minimum atomic E-state index is -0.318. The average Bonchev–Trinajstić information content (AvgIpc) is 2.83. The van der Waals surface area contributed by atoms with Gasteiger partial charge in [0, 0.05) is 23.1 Å². The van der Waals surface area contributed by atoms with E-state index in [0.29, 0.717) is 36.5 Å². The lowest BCUT2D eigenvalue weighted by Crippen LogP contribution is -2.21. The van der Waals surface area contributed by atoms with Gasteiger partial charge in [-0.25, -0.2) is 5.48 Å². The molecule has 0 aliphatic rings. The molecule has 0 saturated heterocycles. The molecule has 0 fully saturated rings. The SMILES string of the molecule is CONC(=O)c1ccc(OCCOc2ccccc2CC#Cc2ccc(C#N)cc2)cc1. The molecule has 32 heavy (non-hydrogen) atoms. The van der Waals surface area contributed by atoms with Crippen LogP contribution in [0, 0.1) is 23.2 Å². The molecular formula is C26H22N2O4. The van der Waals surface area contributed by atoms with E-state index in [4.69, 9.17) is 14.7 Å². The number of hydrogen-bond acceptors (Lipinski definition) is 5. The Morgan fingerprint density at radius 1 is 0.906 bits per heavy atom. The van der Waals surface area contributed by atoms with E-state index in [1.54, 1.807) is 36.4 Å². The Hall–Kier alpha value is -4.26. The van der Waals surface area contributed by atoms with Gasteiger partial charge in [-0.05, 0) is 54.6 Å². The second-order valence-electron chi connectivity index (χ2n) is 6.63. The molecule has 0 aromatic heterocycles. The van der Waals surface area contributed by atoms with E-state index in [0.717, 1.165) is 16.9 Å². The number of hydrogen-bond donors (Lipinski definition) is 1. The normalized spacial score (nSPS) is 9.75. The fraction of sp³-hybridized carbons (Fsp3) is 0.154. The fourth-order valence-electron chi connectivity index (χ4n) is 2.83. The molecule has 0 saturated carbocycles. The van der Waals surface area contributed by atoms with Crippen molar-refractivity contribution in [3.63, 3.8) is 0 Å². The van der Waals surface area contributed by atoms with Gasteiger partial charge >= 0.3 is 0 Å². The lowest BCUT2D eigenvalue weighted by atomic mass is 10.1. The largest absolute Gasteiger partial charge is 0.490 e. The maximum atomic E-state index is 11.7. The van der Waals surface area contributed by atoms with Gasteiger partial charge in [-0.2, -0.15) is 5.26 Å². The first-order valence-electron chi connectivity index (χ1n) is 9.95. The highest BCUT2D eigenvalue weighted by atomic mass is 16.6. The van der Waals surface area contributed by atoms with Crippen LogP contribution in [-0.4, -0.2) is 26.2 Å². The number of nitrogens with zero attached hydrogens (tertiary/aromatic N) is 1. The summed E-state index contributed by atoms with van der Waals surface area (Å²) in [4.78, 5) is 16.3. The molecule has 3 aromatic carbocycles. The maximum Gasteiger partial charge on any atom is 0.274 e. The number of hydroxylamine groups is 1. The summed E-state index contributed by atoms with van der Waals surface area (Å²) in [6.45, 7) is 0.723. The highest BCUT2D eigenvalue weighted by molar-refractivity contribution is 5.93. The predicted octanol–water partition coefficient (Wildman–Crippen LogP) is 3.90. The summed E-state index contributed by atoms with van der Waals surface area (Å²) < 4.78 is 11.6. The third kappa shape index (κ3) is 6.63. The smallest absolute Gasteiger partial charge is 0.274 e. The van der Waals surface area contributed by atoms with Crippen molar-refractivity contribution in [3.05, 3.63) is 95.1 Å². The van der Waals surface area contributed by atoms with Crippen LogP contribution in [0.15, 0.2) is 72.8 Å². The van der Waals surface area contributed by atoms with E-state index >= 15 is 0 Å². The Bertz CT molecular complexity index is 1140. The molecule has 3 aromatic rings. The van der Waals surface area contributed by atoms with Crippen LogP contribution >= 0.6 is 0 Å². The van der Waals surface area contributed by atoms with Crippen LogP contribution in [0.25, 0.3) is 0 Å². The van der Waals surface area contributed by atoms with Crippen molar-refractivity contribution in [1.82, 2.24) is 5.48 Å². The highest BCUT2D eigenvalue weighted by Crippen LogP contribution is 2.18. The average molecular weight is 426 g/mol. The first kappa shape index (κ1) is 22.4. The van der Waals surface area contributed by atoms with E-state index < -0.39 is 0 Å². The van der Waals surface area contributed by atoms with Gasteiger partial charge in [0.15, 0.2) is 0 Å². The van der Waals surface area contributed by atoms with E-state index in [9.17, 15) is 4.79 Å². The third-order valence-corrected chi connectivity index (χ3v) is 4.42. The summed E-state index contributed by atoms with van der Waals surface area (Å²) in [5.74, 6) is 7.34. The monoisotopic (exact) mass is 426 g/mol. The van der Waals surface area contributed by atoms with Gasteiger partial charge in [-0.3, -0.25) is 9.63 Å². The summed E-state index contributed by atoms with van der Waals surface area (Å²) >= 11 is 0. The Labute approximate surface area is 187 Å². The highest BCUT2D eigenvalue weighted by Gasteiger charge is 2.05. The third-order valence-electron chi connectivity index (χ3n) is 4.42. The van der Waals surface area contributed by atoms with Gasteiger partial charge in [0.2, 0.25) is 0 Å². The van der Waals surface area contributed by atoms with E-state index in [2.05, 4.69) is 28.2 Å². The Morgan fingerprint density at radius 2 is 1.59 bits per heavy atom. The number of para-hydroxylation sites is 1. The van der Waals surface area contributed by atoms with Crippen molar-refractivity contribution in [1.29, 1.82) is 5.26 Å². The Morgan fingerprint density at radius 3 is 2.31 bits per heavy atom. The van der Waals surface area contributed by atoms with Crippen LogP contribution in [-0.2, 0) is 11.3 Å². The number of amides is 1. The summed E-state index contributed by atoms with van der Waals surface area (Å²) in [5, 5.41) is 8.86. The minimum absolute atomic E-state index is 0.318. The number of rotatable bonds is 8. The zero-order valence-corrected chi connectivity index (χ0v) is 17.6. The van der Waals surface area contributed by atoms with Gasteiger partial charge in [-0.15, -0.1) is 0 Å². The van der Waals surface area contributed by atoms with Crippen molar-refractivity contribution in [3.8, 4) is 29.4 Å². The lowest BCUT2D eigenvalue weighted by Gasteiger charge is -2.11. The molecule has 0 aliphatic carbocycles. The summed E-state index contributed by atoms with van der Waals surface area (Å²) in [5.41, 5.74) is 5.21. The number of ether oxygens (including phenoxy) is 2. The van der Waals surface area contributed by atoms with Gasteiger partial charge < -0.3 is 9.47 Å². The molecular weight excluding hydrogens is 404 g/mol. The van der Waals surface area contributed by atoms with Gasteiger partial charge in [0.1, 0.15) is 24.7 Å². The quantitative estimate of drug-likeness (QED) is 0.336. The Balaban J connectivity index is 1.49. The molecule has 0 spiro atoms. The maximum absolute atomic E-state index is 11.7. The van der Waals surface area contributed by atoms with Crippen LogP contribution < -0.4 is 15.0 Å². The molecule has 1 amide bonds. The topological polar surface area (TPSA) is 80.6 Å². The van der Waals surface area contributed by atoms with Crippen LogP contribution in [0.2, 0.25) is 0 Å². The summed E-state index contributed by atoms with van der Waals surface area (Å²) in [6.07, 6.45) is 0.544. The zero-order valence-electron chi connectivity index (χ0n) is 17.6. The van der Waals surface area contributed by atoms with E-state index in [1.807, 2.05) is 36.4 Å². The van der Waals surface area contributed by atoms with Crippen LogP contribution in [0.1, 0.15) is 27.0 Å². The number of nitrogens with one attached hydrogen (secondary N) is 1. The van der Waals surface area contributed by atoms with E-state index in [1.165, 1.54) is 7.11 Å². The van der Waals surface area contributed by atoms with Crippen molar-refractivity contribution < 1.29 is 19.1 Å². The molecule has 6 nitrogen and oxygen atoms in total. The standard InChI is InChI=1S/C26H22N2O4/c1-30-28-26(29)23-13-15-24(16-14-23)31-17-18-32-25-8-3-2-6-22(25)7-4-5-20-9-11-21(19-27)12-10-20/h2-3,6,8-16H,7,17-18H2,1H3,(H,28,29). The number of nitriles is 1. The lowest BCUT2D eigenvalue weighted by molar-refractivity contribution is 0.0537. The molecule has 0 atom stereocenters. The van der Waals surface area contributed by atoms with E-state index in [-0.39, 0.29) is 5.91 Å². The van der Waals surface area contributed by atoms with Gasteiger partial charge in [-0.1, -0.05) is 30.0 Å². The minimum Gasteiger partial charge on any atom is -0.490 e. The summed E-state index contributed by atoms with van der Waals surface area (Å²) in [7, 11) is 1.38.